The molecule has 7 nitrogen and oxygen atoms in total. The van der Waals surface area contributed by atoms with Crippen LogP contribution in [0, 0.1) is 0 Å². The smallest absolute Gasteiger partial charge is 0.337 e. The van der Waals surface area contributed by atoms with Crippen molar-refractivity contribution < 1.29 is 14.3 Å². The van der Waals surface area contributed by atoms with Gasteiger partial charge >= 0.3 is 5.97 Å². The fourth-order valence-corrected chi connectivity index (χ4v) is 1.97. The number of aromatic nitrogens is 2. The van der Waals surface area contributed by atoms with Gasteiger partial charge in [-0.25, -0.2) is 14.8 Å². The molecule has 2 N–H and O–H groups in total. The molecule has 0 saturated heterocycles. The van der Waals surface area contributed by atoms with E-state index >= 15 is 0 Å². The number of carbonyl (C=O) groups excluding carboxylic acids is 2. The van der Waals surface area contributed by atoms with Crippen LogP contribution in [0.4, 0.5) is 11.5 Å². The standard InChI is InChI=1S/C17H20N4O3/c1-3-4-8-18-15-11-19-14(10-20-15)16(22)21-13-7-5-6-12(9-13)17(23)24-2/h5-7,9-11H,3-4,8H2,1-2H3,(H,18,20)(H,21,22). The zero-order valence-corrected chi connectivity index (χ0v) is 13.7. The molecule has 0 aliphatic heterocycles. The zero-order chi connectivity index (χ0) is 17.4. The molecule has 24 heavy (non-hydrogen) atoms. The topological polar surface area (TPSA) is 93.2 Å². The molecule has 0 spiro atoms. The summed E-state index contributed by atoms with van der Waals surface area (Å²) < 4.78 is 4.65. The van der Waals surface area contributed by atoms with Crippen LogP contribution in [0.3, 0.4) is 0 Å². The Balaban J connectivity index is 2.00. The van der Waals surface area contributed by atoms with E-state index in [0.29, 0.717) is 17.1 Å². The Hall–Kier alpha value is -2.96. The van der Waals surface area contributed by atoms with Crippen LogP contribution in [-0.2, 0) is 4.74 Å². The number of unbranched alkanes of at least 4 members (excludes halogenated alkanes) is 1. The normalized spacial score (nSPS) is 10.1. The van der Waals surface area contributed by atoms with E-state index in [1.807, 2.05) is 0 Å². The van der Waals surface area contributed by atoms with E-state index in [4.69, 9.17) is 0 Å². The average Bonchev–Trinajstić information content (AvgIpc) is 2.62. The summed E-state index contributed by atoms with van der Waals surface area (Å²) >= 11 is 0. The highest BCUT2D eigenvalue weighted by molar-refractivity contribution is 6.03. The summed E-state index contributed by atoms with van der Waals surface area (Å²) in [7, 11) is 1.30. The van der Waals surface area contributed by atoms with Gasteiger partial charge in [0.2, 0.25) is 0 Å². The van der Waals surface area contributed by atoms with Crippen LogP contribution < -0.4 is 10.6 Å². The molecule has 0 aliphatic carbocycles. The molecule has 0 radical (unpaired) electrons. The highest BCUT2D eigenvalue weighted by Gasteiger charge is 2.11. The second-order valence-electron chi connectivity index (χ2n) is 5.09. The number of ether oxygens (including phenoxy) is 1. The average molecular weight is 328 g/mol. The lowest BCUT2D eigenvalue weighted by Gasteiger charge is -2.07. The first-order chi connectivity index (χ1) is 11.6. The van der Waals surface area contributed by atoms with Crippen LogP contribution in [0.5, 0.6) is 0 Å². The number of nitrogens with zero attached hydrogens (tertiary/aromatic N) is 2. The van der Waals surface area contributed by atoms with E-state index in [1.165, 1.54) is 25.6 Å². The van der Waals surface area contributed by atoms with E-state index in [1.54, 1.807) is 18.2 Å². The number of methoxy groups -OCH3 is 1. The quantitative estimate of drug-likeness (QED) is 0.599. The molecule has 1 heterocycles. The summed E-state index contributed by atoms with van der Waals surface area (Å²) in [6.45, 7) is 2.92. The monoisotopic (exact) mass is 328 g/mol. The molecule has 0 bridgehead atoms. The molecule has 0 atom stereocenters. The number of esters is 1. The van der Waals surface area contributed by atoms with E-state index in [0.717, 1.165) is 19.4 Å². The van der Waals surface area contributed by atoms with Crippen molar-refractivity contribution in [3.05, 3.63) is 47.9 Å². The fraction of sp³-hybridized carbons (Fsp3) is 0.294. The first-order valence-corrected chi connectivity index (χ1v) is 7.69. The van der Waals surface area contributed by atoms with Crippen LogP contribution in [0.1, 0.15) is 40.6 Å². The van der Waals surface area contributed by atoms with Gasteiger partial charge in [0, 0.05) is 12.2 Å². The molecule has 0 unspecified atom stereocenters. The van der Waals surface area contributed by atoms with Crippen molar-refractivity contribution in [2.24, 2.45) is 0 Å². The molecule has 1 aromatic carbocycles. The summed E-state index contributed by atoms with van der Waals surface area (Å²) in [6.07, 6.45) is 5.06. The Labute approximate surface area is 140 Å². The van der Waals surface area contributed by atoms with Gasteiger partial charge in [0.05, 0.1) is 25.1 Å². The molecular formula is C17H20N4O3. The van der Waals surface area contributed by atoms with Gasteiger partial charge in [-0.2, -0.15) is 0 Å². The van der Waals surface area contributed by atoms with Gasteiger partial charge in [0.1, 0.15) is 11.5 Å². The summed E-state index contributed by atoms with van der Waals surface area (Å²) in [4.78, 5) is 32.0. The maximum absolute atomic E-state index is 12.2. The zero-order valence-electron chi connectivity index (χ0n) is 13.7. The van der Waals surface area contributed by atoms with Gasteiger partial charge in [-0.3, -0.25) is 4.79 Å². The van der Waals surface area contributed by atoms with Crippen LogP contribution in [0.15, 0.2) is 36.7 Å². The number of hydrogen-bond donors (Lipinski definition) is 2. The van der Waals surface area contributed by atoms with Crippen molar-refractivity contribution >= 4 is 23.4 Å². The van der Waals surface area contributed by atoms with Crippen molar-refractivity contribution in [2.45, 2.75) is 19.8 Å². The van der Waals surface area contributed by atoms with Crippen LogP contribution in [-0.4, -0.2) is 35.5 Å². The highest BCUT2D eigenvalue weighted by Crippen LogP contribution is 2.13. The molecule has 126 valence electrons. The minimum absolute atomic E-state index is 0.194. The van der Waals surface area contributed by atoms with E-state index in [2.05, 4.69) is 32.3 Å². The minimum Gasteiger partial charge on any atom is -0.465 e. The number of hydrogen-bond acceptors (Lipinski definition) is 6. The first-order valence-electron chi connectivity index (χ1n) is 7.69. The Morgan fingerprint density at radius 2 is 2.04 bits per heavy atom. The van der Waals surface area contributed by atoms with Gasteiger partial charge < -0.3 is 15.4 Å². The minimum atomic E-state index is -0.464. The summed E-state index contributed by atoms with van der Waals surface area (Å²) in [6, 6.07) is 6.49. The molecule has 0 saturated carbocycles. The maximum atomic E-state index is 12.2. The van der Waals surface area contributed by atoms with Gasteiger partial charge in [0.15, 0.2) is 0 Å². The van der Waals surface area contributed by atoms with Gasteiger partial charge in [-0.05, 0) is 24.6 Å². The lowest BCUT2D eigenvalue weighted by molar-refractivity contribution is 0.0600. The predicted molar refractivity (Wildman–Crippen MR) is 91.2 cm³/mol. The van der Waals surface area contributed by atoms with Gasteiger partial charge in [-0.15, -0.1) is 0 Å². The van der Waals surface area contributed by atoms with Crippen LogP contribution in [0.2, 0.25) is 0 Å². The number of rotatable bonds is 7. The van der Waals surface area contributed by atoms with Crippen LogP contribution >= 0.6 is 0 Å². The Kier molecular flexibility index (Phi) is 6.24. The number of anilines is 2. The van der Waals surface area contributed by atoms with Crippen molar-refractivity contribution in [3.63, 3.8) is 0 Å². The largest absolute Gasteiger partial charge is 0.465 e. The fourth-order valence-electron chi connectivity index (χ4n) is 1.97. The number of benzene rings is 1. The molecule has 2 rings (SSSR count). The van der Waals surface area contributed by atoms with Gasteiger partial charge in [-0.1, -0.05) is 19.4 Å². The molecule has 0 aliphatic rings. The second kappa shape index (κ2) is 8.61. The molecule has 7 heteroatoms. The first kappa shape index (κ1) is 17.4. The molecule has 0 fully saturated rings. The van der Waals surface area contributed by atoms with E-state index in [-0.39, 0.29) is 5.69 Å². The SMILES string of the molecule is CCCCNc1cnc(C(=O)Nc2cccc(C(=O)OC)c2)cn1. The van der Waals surface area contributed by atoms with Crippen molar-refractivity contribution in [1.29, 1.82) is 0 Å². The molecule has 1 aromatic heterocycles. The molecular weight excluding hydrogens is 308 g/mol. The van der Waals surface area contributed by atoms with Crippen molar-refractivity contribution in [1.82, 2.24) is 9.97 Å². The third-order valence-corrected chi connectivity index (χ3v) is 3.26. The predicted octanol–water partition coefficient (Wildman–Crippen LogP) is 2.73. The summed E-state index contributed by atoms with van der Waals surface area (Å²) in [5, 5.41) is 5.81. The lowest BCUT2D eigenvalue weighted by Crippen LogP contribution is -2.15. The van der Waals surface area contributed by atoms with Crippen molar-refractivity contribution in [3.8, 4) is 0 Å². The Morgan fingerprint density at radius 1 is 1.21 bits per heavy atom. The van der Waals surface area contributed by atoms with E-state index in [9.17, 15) is 9.59 Å². The molecule has 1 amide bonds. The third-order valence-electron chi connectivity index (χ3n) is 3.26. The van der Waals surface area contributed by atoms with Gasteiger partial charge in [0.25, 0.3) is 5.91 Å². The highest BCUT2D eigenvalue weighted by atomic mass is 16.5. The Morgan fingerprint density at radius 3 is 2.71 bits per heavy atom. The van der Waals surface area contributed by atoms with E-state index < -0.39 is 11.9 Å². The summed E-state index contributed by atoms with van der Waals surface area (Å²) in [5.74, 6) is -0.231. The Bertz CT molecular complexity index is 701. The second-order valence-corrected chi connectivity index (χ2v) is 5.09. The molecule has 2 aromatic rings. The van der Waals surface area contributed by atoms with Crippen molar-refractivity contribution in [2.75, 3.05) is 24.3 Å². The van der Waals surface area contributed by atoms with Crippen LogP contribution in [0.25, 0.3) is 0 Å². The number of amides is 1. The third kappa shape index (κ3) is 4.77. The maximum Gasteiger partial charge on any atom is 0.337 e. The lowest BCUT2D eigenvalue weighted by atomic mass is 10.2. The summed E-state index contributed by atoms with van der Waals surface area (Å²) in [5.41, 5.74) is 1.03. The number of carbonyl (C=O) groups is 2. The number of nitrogens with one attached hydrogen (secondary N) is 2.